The highest BCUT2D eigenvalue weighted by Gasteiger charge is 2.22. The number of esters is 1. The van der Waals surface area contributed by atoms with E-state index in [1.54, 1.807) is 6.92 Å². The number of carbonyl (C=O) groups excluding carboxylic acids is 1. The van der Waals surface area contributed by atoms with Gasteiger partial charge in [0.25, 0.3) is 0 Å². The number of carbonyl (C=O) groups is 1. The summed E-state index contributed by atoms with van der Waals surface area (Å²) in [6.07, 6.45) is 2.08. The van der Waals surface area contributed by atoms with E-state index >= 15 is 0 Å². The quantitative estimate of drug-likeness (QED) is 0.269. The lowest BCUT2D eigenvalue weighted by Gasteiger charge is -2.12. The third kappa shape index (κ3) is 6.25. The standard InChI is InChI=1S/C30H31NO4/c1-3-34-28(33)20-23-12-14-24(15-13-23)25-16-18-26(19-17-25)30-29(21(2)31-35-30)27(32)11-7-10-22-8-5-4-6-9-22/h4-6,8-9,12-19,27,32H,3,7,10-11,20H2,1-2H3. The summed E-state index contributed by atoms with van der Waals surface area (Å²) in [6, 6.07) is 26.2. The van der Waals surface area contributed by atoms with Crippen LogP contribution in [0.3, 0.4) is 0 Å². The molecule has 0 radical (unpaired) electrons. The first kappa shape index (κ1) is 24.4. The normalized spacial score (nSPS) is 11.9. The molecule has 3 aromatic carbocycles. The van der Waals surface area contributed by atoms with Crippen molar-refractivity contribution in [1.29, 1.82) is 0 Å². The molecule has 5 heteroatoms. The number of aryl methyl sites for hydroxylation is 2. The fourth-order valence-corrected chi connectivity index (χ4v) is 4.27. The first-order valence-electron chi connectivity index (χ1n) is 12.1. The average Bonchev–Trinajstić information content (AvgIpc) is 3.27. The Morgan fingerprint density at radius 1 is 0.914 bits per heavy atom. The highest BCUT2D eigenvalue weighted by molar-refractivity contribution is 5.74. The molecule has 0 bridgehead atoms. The molecule has 0 saturated heterocycles. The summed E-state index contributed by atoms with van der Waals surface area (Å²) < 4.78 is 10.6. The summed E-state index contributed by atoms with van der Waals surface area (Å²) in [6.45, 7) is 4.07. The second-order valence-corrected chi connectivity index (χ2v) is 8.66. The minimum Gasteiger partial charge on any atom is -0.466 e. The number of aliphatic hydroxyl groups is 1. The lowest BCUT2D eigenvalue weighted by Crippen LogP contribution is -2.07. The number of aliphatic hydroxyl groups excluding tert-OH is 1. The van der Waals surface area contributed by atoms with Crippen LogP contribution in [0.5, 0.6) is 0 Å². The van der Waals surface area contributed by atoms with Crippen molar-refractivity contribution in [3.8, 4) is 22.5 Å². The van der Waals surface area contributed by atoms with Crippen LogP contribution in [0.1, 0.15) is 48.3 Å². The molecular weight excluding hydrogens is 438 g/mol. The van der Waals surface area contributed by atoms with Gasteiger partial charge in [-0.15, -0.1) is 0 Å². The van der Waals surface area contributed by atoms with Crippen molar-refractivity contribution >= 4 is 5.97 Å². The van der Waals surface area contributed by atoms with E-state index in [0.29, 0.717) is 24.5 Å². The van der Waals surface area contributed by atoms with E-state index in [2.05, 4.69) is 17.3 Å². The Bertz CT molecular complexity index is 1230. The van der Waals surface area contributed by atoms with Gasteiger partial charge in [-0.1, -0.05) is 84.0 Å². The summed E-state index contributed by atoms with van der Waals surface area (Å²) in [7, 11) is 0. The molecule has 1 atom stereocenters. The van der Waals surface area contributed by atoms with Gasteiger partial charge in [0.15, 0.2) is 5.76 Å². The molecule has 1 heterocycles. The van der Waals surface area contributed by atoms with E-state index in [-0.39, 0.29) is 12.4 Å². The van der Waals surface area contributed by atoms with E-state index in [9.17, 15) is 9.90 Å². The van der Waals surface area contributed by atoms with Gasteiger partial charge in [0, 0.05) is 5.56 Å². The average molecular weight is 470 g/mol. The molecule has 1 aromatic heterocycles. The zero-order chi connectivity index (χ0) is 24.6. The molecule has 0 aliphatic carbocycles. The van der Waals surface area contributed by atoms with Crippen molar-refractivity contribution in [1.82, 2.24) is 5.16 Å². The number of hydrogen-bond acceptors (Lipinski definition) is 5. The summed E-state index contributed by atoms with van der Waals surface area (Å²) in [5.74, 6) is 0.399. The lowest BCUT2D eigenvalue weighted by atomic mass is 9.96. The number of aromatic nitrogens is 1. The van der Waals surface area contributed by atoms with Gasteiger partial charge >= 0.3 is 5.97 Å². The molecule has 5 nitrogen and oxygen atoms in total. The van der Waals surface area contributed by atoms with Crippen molar-refractivity contribution < 1.29 is 19.2 Å². The van der Waals surface area contributed by atoms with Crippen LogP contribution in [0.2, 0.25) is 0 Å². The summed E-state index contributed by atoms with van der Waals surface area (Å²) in [4.78, 5) is 11.7. The third-order valence-electron chi connectivity index (χ3n) is 6.12. The van der Waals surface area contributed by atoms with Crippen LogP contribution in [0, 0.1) is 6.92 Å². The minimum absolute atomic E-state index is 0.218. The Kier molecular flexibility index (Phi) is 8.11. The highest BCUT2D eigenvalue weighted by atomic mass is 16.5. The molecule has 180 valence electrons. The van der Waals surface area contributed by atoms with Gasteiger partial charge in [-0.2, -0.15) is 0 Å². The summed E-state index contributed by atoms with van der Waals surface area (Å²) in [5.41, 5.74) is 6.66. The van der Waals surface area contributed by atoms with Gasteiger partial charge < -0.3 is 14.4 Å². The second-order valence-electron chi connectivity index (χ2n) is 8.66. The monoisotopic (exact) mass is 469 g/mol. The smallest absolute Gasteiger partial charge is 0.310 e. The van der Waals surface area contributed by atoms with E-state index in [0.717, 1.165) is 40.7 Å². The Morgan fingerprint density at radius 2 is 1.54 bits per heavy atom. The first-order valence-corrected chi connectivity index (χ1v) is 12.1. The minimum atomic E-state index is -0.633. The predicted octanol–water partition coefficient (Wildman–Crippen LogP) is 6.48. The molecule has 0 amide bonds. The topological polar surface area (TPSA) is 72.6 Å². The van der Waals surface area contributed by atoms with Gasteiger partial charge in [-0.3, -0.25) is 4.79 Å². The van der Waals surface area contributed by atoms with Crippen LogP contribution in [-0.4, -0.2) is 22.8 Å². The van der Waals surface area contributed by atoms with Crippen LogP contribution in [0.25, 0.3) is 22.5 Å². The zero-order valence-electron chi connectivity index (χ0n) is 20.2. The fraction of sp³-hybridized carbons (Fsp3) is 0.267. The number of hydrogen-bond donors (Lipinski definition) is 1. The number of benzene rings is 3. The van der Waals surface area contributed by atoms with Gasteiger partial charge in [0.2, 0.25) is 0 Å². The molecule has 4 aromatic rings. The molecule has 4 rings (SSSR count). The molecule has 0 fully saturated rings. The number of nitrogens with zero attached hydrogens (tertiary/aromatic N) is 1. The van der Waals surface area contributed by atoms with Crippen molar-refractivity contribution in [3.05, 3.63) is 101 Å². The Balaban J connectivity index is 1.43. The van der Waals surface area contributed by atoms with Gasteiger partial charge in [-0.25, -0.2) is 0 Å². The third-order valence-corrected chi connectivity index (χ3v) is 6.12. The highest BCUT2D eigenvalue weighted by Crippen LogP contribution is 2.34. The van der Waals surface area contributed by atoms with Crippen LogP contribution < -0.4 is 0 Å². The lowest BCUT2D eigenvalue weighted by molar-refractivity contribution is -0.142. The van der Waals surface area contributed by atoms with Crippen LogP contribution in [0.4, 0.5) is 0 Å². The van der Waals surface area contributed by atoms with E-state index < -0.39 is 6.10 Å². The van der Waals surface area contributed by atoms with Crippen molar-refractivity contribution in [2.45, 2.75) is 45.6 Å². The molecule has 0 aliphatic rings. The van der Waals surface area contributed by atoms with E-state index in [4.69, 9.17) is 9.26 Å². The van der Waals surface area contributed by atoms with Crippen molar-refractivity contribution in [2.75, 3.05) is 6.61 Å². The molecule has 0 aliphatic heterocycles. The van der Waals surface area contributed by atoms with Crippen LogP contribution in [0.15, 0.2) is 83.4 Å². The second kappa shape index (κ2) is 11.6. The molecule has 0 saturated carbocycles. The maximum absolute atomic E-state index is 11.7. The molecular formula is C30H31NO4. The van der Waals surface area contributed by atoms with Gasteiger partial charge in [-0.05, 0) is 55.4 Å². The van der Waals surface area contributed by atoms with Crippen molar-refractivity contribution in [3.63, 3.8) is 0 Å². The molecule has 1 unspecified atom stereocenters. The van der Waals surface area contributed by atoms with Gasteiger partial charge in [0.05, 0.1) is 30.4 Å². The SMILES string of the molecule is CCOC(=O)Cc1ccc(-c2ccc(-c3onc(C)c3C(O)CCCc3ccccc3)cc2)cc1. The Labute approximate surface area is 206 Å². The molecule has 0 spiro atoms. The fourth-order valence-electron chi connectivity index (χ4n) is 4.27. The maximum atomic E-state index is 11.7. The predicted molar refractivity (Wildman–Crippen MR) is 137 cm³/mol. The summed E-state index contributed by atoms with van der Waals surface area (Å²) >= 11 is 0. The maximum Gasteiger partial charge on any atom is 0.310 e. The van der Waals surface area contributed by atoms with Crippen LogP contribution >= 0.6 is 0 Å². The molecule has 35 heavy (non-hydrogen) atoms. The van der Waals surface area contributed by atoms with E-state index in [1.807, 2.05) is 73.7 Å². The summed E-state index contributed by atoms with van der Waals surface area (Å²) in [5, 5.41) is 15.1. The zero-order valence-corrected chi connectivity index (χ0v) is 20.2. The van der Waals surface area contributed by atoms with Gasteiger partial charge in [0.1, 0.15) is 0 Å². The molecule has 1 N–H and O–H groups in total. The Hall–Kier alpha value is -3.70. The van der Waals surface area contributed by atoms with Crippen LogP contribution in [-0.2, 0) is 22.4 Å². The van der Waals surface area contributed by atoms with Crippen molar-refractivity contribution in [2.24, 2.45) is 0 Å². The number of ether oxygens (including phenoxy) is 1. The first-order chi connectivity index (χ1) is 17.0. The van der Waals surface area contributed by atoms with E-state index in [1.165, 1.54) is 5.56 Å². The Morgan fingerprint density at radius 3 is 2.20 bits per heavy atom. The number of rotatable bonds is 10. The largest absolute Gasteiger partial charge is 0.466 e.